The molecule has 1 aliphatic carbocycles. The fraction of sp³-hybridized carbons (Fsp3) is 0.429. The molecule has 0 spiro atoms. The third-order valence-electron chi connectivity index (χ3n) is 3.63. The highest BCUT2D eigenvalue weighted by Crippen LogP contribution is 2.32. The van der Waals surface area contributed by atoms with E-state index in [0.717, 1.165) is 12.8 Å². The lowest BCUT2D eigenvalue weighted by Crippen LogP contribution is -2.06. The van der Waals surface area contributed by atoms with E-state index in [1.54, 1.807) is 0 Å². The molecule has 1 fully saturated rings. The monoisotopic (exact) mass is 261 g/mol. The van der Waals surface area contributed by atoms with Crippen molar-refractivity contribution >= 4 is 5.69 Å². The van der Waals surface area contributed by atoms with Gasteiger partial charge in [0.05, 0.1) is 5.56 Å². The lowest BCUT2D eigenvalue weighted by molar-refractivity contribution is 0.384. The zero-order valence-electron chi connectivity index (χ0n) is 10.6. The first-order chi connectivity index (χ1) is 9.24. The van der Waals surface area contributed by atoms with E-state index in [1.165, 1.54) is 37.5 Å². The lowest BCUT2D eigenvalue weighted by Gasteiger charge is -2.17. The van der Waals surface area contributed by atoms with E-state index in [9.17, 15) is 4.39 Å². The van der Waals surface area contributed by atoms with Crippen LogP contribution in [0.15, 0.2) is 22.7 Å². The fourth-order valence-corrected chi connectivity index (χ4v) is 2.58. The van der Waals surface area contributed by atoms with E-state index in [0.29, 0.717) is 17.4 Å². The van der Waals surface area contributed by atoms with E-state index in [-0.39, 0.29) is 11.5 Å². The predicted octanol–water partition coefficient (Wildman–Crippen LogP) is 3.51. The van der Waals surface area contributed by atoms with Crippen LogP contribution in [-0.4, -0.2) is 10.1 Å². The summed E-state index contributed by atoms with van der Waals surface area (Å²) in [6.45, 7) is 0. The van der Waals surface area contributed by atoms with Crippen LogP contribution < -0.4 is 5.73 Å². The van der Waals surface area contributed by atoms with Crippen molar-refractivity contribution in [2.75, 3.05) is 5.73 Å². The van der Waals surface area contributed by atoms with Gasteiger partial charge in [-0.1, -0.05) is 24.4 Å². The van der Waals surface area contributed by atoms with Gasteiger partial charge >= 0.3 is 0 Å². The van der Waals surface area contributed by atoms with Crippen molar-refractivity contribution in [1.82, 2.24) is 10.1 Å². The molecule has 2 N–H and O–H groups in total. The Morgan fingerprint density at radius 2 is 2.00 bits per heavy atom. The van der Waals surface area contributed by atoms with Crippen LogP contribution in [0.2, 0.25) is 0 Å². The Kier molecular flexibility index (Phi) is 3.19. The van der Waals surface area contributed by atoms with E-state index in [4.69, 9.17) is 10.3 Å². The van der Waals surface area contributed by atoms with Gasteiger partial charge in [0.25, 0.3) is 5.89 Å². The maximum absolute atomic E-state index is 13.7. The first-order valence-electron chi connectivity index (χ1n) is 6.63. The van der Waals surface area contributed by atoms with Crippen molar-refractivity contribution in [1.29, 1.82) is 0 Å². The Balaban J connectivity index is 1.89. The smallest absolute Gasteiger partial charge is 0.260 e. The minimum absolute atomic E-state index is 0.213. The van der Waals surface area contributed by atoms with Gasteiger partial charge in [-0.05, 0) is 31.0 Å². The van der Waals surface area contributed by atoms with E-state index in [2.05, 4.69) is 10.1 Å². The van der Waals surface area contributed by atoms with Crippen LogP contribution in [0.25, 0.3) is 11.5 Å². The van der Waals surface area contributed by atoms with Gasteiger partial charge in [-0.3, -0.25) is 0 Å². The second-order valence-corrected chi connectivity index (χ2v) is 5.03. The molecule has 1 aromatic carbocycles. The Labute approximate surface area is 110 Å². The Morgan fingerprint density at radius 1 is 1.21 bits per heavy atom. The third-order valence-corrected chi connectivity index (χ3v) is 3.63. The van der Waals surface area contributed by atoms with Gasteiger partial charge in [0.15, 0.2) is 5.82 Å². The summed E-state index contributed by atoms with van der Waals surface area (Å²) in [6, 6.07) is 4.35. The van der Waals surface area contributed by atoms with Crippen LogP contribution in [-0.2, 0) is 0 Å². The topological polar surface area (TPSA) is 64.9 Å². The molecular formula is C14H16FN3O. The molecule has 19 heavy (non-hydrogen) atoms. The van der Waals surface area contributed by atoms with Gasteiger partial charge in [-0.2, -0.15) is 4.98 Å². The lowest BCUT2D eigenvalue weighted by atomic mass is 9.89. The third kappa shape index (κ3) is 2.45. The van der Waals surface area contributed by atoms with Crippen molar-refractivity contribution in [3.63, 3.8) is 0 Å². The molecule has 1 aromatic heterocycles. The molecule has 1 aliphatic rings. The molecule has 0 radical (unpaired) electrons. The van der Waals surface area contributed by atoms with Crippen LogP contribution in [0.4, 0.5) is 10.1 Å². The molecule has 0 saturated heterocycles. The molecule has 0 aliphatic heterocycles. The SMILES string of the molecule is Nc1ccc(F)c(-c2nc(C3CCCCC3)no2)c1. The molecule has 0 bridgehead atoms. The second kappa shape index (κ2) is 4.99. The maximum atomic E-state index is 13.7. The molecular weight excluding hydrogens is 245 g/mol. The molecule has 1 heterocycles. The van der Waals surface area contributed by atoms with Gasteiger partial charge < -0.3 is 10.3 Å². The predicted molar refractivity (Wildman–Crippen MR) is 69.9 cm³/mol. The van der Waals surface area contributed by atoms with Crippen molar-refractivity contribution in [3.05, 3.63) is 29.8 Å². The van der Waals surface area contributed by atoms with Crippen LogP contribution in [0.3, 0.4) is 0 Å². The van der Waals surface area contributed by atoms with Gasteiger partial charge in [-0.15, -0.1) is 0 Å². The summed E-state index contributed by atoms with van der Waals surface area (Å²) in [5.74, 6) is 0.852. The first-order valence-corrected chi connectivity index (χ1v) is 6.63. The summed E-state index contributed by atoms with van der Waals surface area (Å²) in [7, 11) is 0. The molecule has 2 aromatic rings. The summed E-state index contributed by atoms with van der Waals surface area (Å²) in [4.78, 5) is 4.33. The summed E-state index contributed by atoms with van der Waals surface area (Å²) in [5.41, 5.74) is 6.41. The van der Waals surface area contributed by atoms with Gasteiger partial charge in [0.1, 0.15) is 5.82 Å². The number of nitrogen functional groups attached to an aromatic ring is 1. The normalized spacial score (nSPS) is 16.7. The van der Waals surface area contributed by atoms with Crippen LogP contribution in [0.1, 0.15) is 43.8 Å². The Morgan fingerprint density at radius 3 is 2.79 bits per heavy atom. The fourth-order valence-electron chi connectivity index (χ4n) is 2.58. The number of nitrogens with two attached hydrogens (primary N) is 1. The van der Waals surface area contributed by atoms with Crippen molar-refractivity contribution < 1.29 is 8.91 Å². The minimum atomic E-state index is -0.395. The summed E-state index contributed by atoms with van der Waals surface area (Å²) in [5, 5.41) is 3.99. The number of nitrogens with zero attached hydrogens (tertiary/aromatic N) is 2. The molecule has 0 amide bonds. The molecule has 1 saturated carbocycles. The van der Waals surface area contributed by atoms with Gasteiger partial charge in [0.2, 0.25) is 0 Å². The van der Waals surface area contributed by atoms with Crippen molar-refractivity contribution in [2.24, 2.45) is 0 Å². The van der Waals surface area contributed by atoms with Crippen molar-refractivity contribution in [3.8, 4) is 11.5 Å². The number of hydrogen-bond donors (Lipinski definition) is 1. The van der Waals surface area contributed by atoms with Gasteiger partial charge in [-0.25, -0.2) is 4.39 Å². The average Bonchev–Trinajstić information content (AvgIpc) is 2.92. The average molecular weight is 261 g/mol. The minimum Gasteiger partial charge on any atom is -0.399 e. The zero-order valence-corrected chi connectivity index (χ0v) is 10.6. The molecule has 0 unspecified atom stereocenters. The van der Waals surface area contributed by atoms with E-state index < -0.39 is 5.82 Å². The molecule has 3 rings (SSSR count). The second-order valence-electron chi connectivity index (χ2n) is 5.03. The number of halogens is 1. The number of anilines is 1. The number of aromatic nitrogens is 2. The highest BCUT2D eigenvalue weighted by molar-refractivity contribution is 5.60. The molecule has 5 heteroatoms. The summed E-state index contributed by atoms with van der Waals surface area (Å²) in [6.07, 6.45) is 5.82. The number of hydrogen-bond acceptors (Lipinski definition) is 4. The number of rotatable bonds is 2. The standard InChI is InChI=1S/C14H16FN3O/c15-12-7-6-10(16)8-11(12)14-17-13(18-19-14)9-4-2-1-3-5-9/h6-9H,1-5,16H2. The summed E-state index contributed by atoms with van der Waals surface area (Å²) < 4.78 is 18.9. The highest BCUT2D eigenvalue weighted by Gasteiger charge is 2.22. The van der Waals surface area contributed by atoms with E-state index >= 15 is 0 Å². The summed E-state index contributed by atoms with van der Waals surface area (Å²) >= 11 is 0. The Bertz CT molecular complexity index is 576. The largest absolute Gasteiger partial charge is 0.399 e. The van der Waals surface area contributed by atoms with E-state index in [1.807, 2.05) is 0 Å². The van der Waals surface area contributed by atoms with Crippen LogP contribution >= 0.6 is 0 Å². The Hall–Kier alpha value is -1.91. The van der Waals surface area contributed by atoms with Crippen LogP contribution in [0.5, 0.6) is 0 Å². The van der Waals surface area contributed by atoms with Gasteiger partial charge in [0, 0.05) is 11.6 Å². The molecule has 0 atom stereocenters. The quantitative estimate of drug-likeness (QED) is 0.840. The highest BCUT2D eigenvalue weighted by atomic mass is 19.1. The molecule has 100 valence electrons. The molecule has 4 nitrogen and oxygen atoms in total. The first kappa shape index (κ1) is 12.1. The maximum Gasteiger partial charge on any atom is 0.260 e. The van der Waals surface area contributed by atoms with Crippen molar-refractivity contribution in [2.45, 2.75) is 38.0 Å². The van der Waals surface area contributed by atoms with Crippen LogP contribution in [0, 0.1) is 5.82 Å². The number of benzene rings is 1. The zero-order chi connectivity index (χ0) is 13.2.